The van der Waals surface area contributed by atoms with Crippen molar-refractivity contribution in [3.63, 3.8) is 0 Å². The van der Waals surface area contributed by atoms with Crippen molar-refractivity contribution in [1.29, 1.82) is 0 Å². The van der Waals surface area contributed by atoms with Gasteiger partial charge in [0.15, 0.2) is 5.78 Å². The van der Waals surface area contributed by atoms with E-state index in [2.05, 4.69) is 5.10 Å². The number of ether oxygens (including phenoxy) is 1. The monoisotopic (exact) mass is 463 g/mol. The van der Waals surface area contributed by atoms with Crippen molar-refractivity contribution >= 4 is 47.1 Å². The van der Waals surface area contributed by atoms with Gasteiger partial charge in [-0.05, 0) is 42.5 Å². The minimum absolute atomic E-state index is 0.275. The van der Waals surface area contributed by atoms with E-state index in [0.29, 0.717) is 17.0 Å². The Kier molecular flexibility index (Phi) is 5.09. The van der Waals surface area contributed by atoms with Gasteiger partial charge >= 0.3 is 5.97 Å². The number of esters is 1. The molecule has 5 rings (SSSR count). The third kappa shape index (κ3) is 3.34. The Morgan fingerprint density at radius 1 is 1.00 bits per heavy atom. The molecule has 4 atom stereocenters. The van der Waals surface area contributed by atoms with Crippen LogP contribution in [0, 0.1) is 11.8 Å². The standard InChI is InChI=1S/C24H18ClN3O5/c1-13(29)33-15-10-8-14(9-11-15)22(30)21-20-19(18-7-4-12-26-28(18)21)23(31)27(24(20)32)17-6-3-2-5-16(17)25/h2-12,18-21H,1H3. The lowest BCUT2D eigenvalue weighted by Crippen LogP contribution is -2.46. The van der Waals surface area contributed by atoms with Crippen LogP contribution in [0.2, 0.25) is 5.02 Å². The summed E-state index contributed by atoms with van der Waals surface area (Å²) in [6, 6.07) is 11.2. The number of hydrazone groups is 1. The number of anilines is 1. The number of nitrogens with zero attached hydrogens (tertiary/aromatic N) is 3. The minimum Gasteiger partial charge on any atom is -0.427 e. The summed E-state index contributed by atoms with van der Waals surface area (Å²) in [6.45, 7) is 1.28. The molecule has 0 N–H and O–H groups in total. The Balaban J connectivity index is 1.53. The van der Waals surface area contributed by atoms with Crippen LogP contribution in [0.4, 0.5) is 5.69 Å². The summed E-state index contributed by atoms with van der Waals surface area (Å²) in [7, 11) is 0. The van der Waals surface area contributed by atoms with E-state index in [9.17, 15) is 19.2 Å². The van der Waals surface area contributed by atoms with Gasteiger partial charge in [0.25, 0.3) is 0 Å². The predicted molar refractivity (Wildman–Crippen MR) is 120 cm³/mol. The van der Waals surface area contributed by atoms with Gasteiger partial charge in [0.05, 0.1) is 28.6 Å². The molecule has 0 bridgehead atoms. The summed E-state index contributed by atoms with van der Waals surface area (Å²) in [5.41, 5.74) is 0.617. The lowest BCUT2D eigenvalue weighted by atomic mass is 9.86. The number of imide groups is 1. The molecule has 2 fully saturated rings. The number of fused-ring (bicyclic) bond motifs is 3. The first-order chi connectivity index (χ1) is 15.9. The summed E-state index contributed by atoms with van der Waals surface area (Å²) < 4.78 is 5.02. The number of hydrogen-bond donors (Lipinski definition) is 0. The number of para-hydroxylation sites is 1. The van der Waals surface area contributed by atoms with Gasteiger partial charge in [0.2, 0.25) is 11.8 Å². The van der Waals surface area contributed by atoms with Gasteiger partial charge in [0, 0.05) is 18.7 Å². The van der Waals surface area contributed by atoms with Crippen LogP contribution < -0.4 is 9.64 Å². The van der Waals surface area contributed by atoms with Crippen molar-refractivity contribution in [3.8, 4) is 5.75 Å². The molecule has 166 valence electrons. The van der Waals surface area contributed by atoms with Crippen molar-refractivity contribution in [1.82, 2.24) is 5.01 Å². The first kappa shape index (κ1) is 21.1. The molecule has 0 radical (unpaired) electrons. The summed E-state index contributed by atoms with van der Waals surface area (Å²) in [6.07, 6.45) is 5.01. The van der Waals surface area contributed by atoms with E-state index in [-0.39, 0.29) is 10.8 Å². The fourth-order valence-electron chi connectivity index (χ4n) is 4.73. The minimum atomic E-state index is -0.968. The van der Waals surface area contributed by atoms with Gasteiger partial charge in [-0.1, -0.05) is 29.8 Å². The lowest BCUT2D eigenvalue weighted by molar-refractivity contribution is -0.132. The molecule has 2 amide bonds. The van der Waals surface area contributed by atoms with Crippen molar-refractivity contribution < 1.29 is 23.9 Å². The predicted octanol–water partition coefficient (Wildman–Crippen LogP) is 2.86. The molecule has 3 aliphatic rings. The Morgan fingerprint density at radius 2 is 1.70 bits per heavy atom. The molecule has 2 aromatic rings. The quantitative estimate of drug-likeness (QED) is 0.299. The molecule has 3 aliphatic heterocycles. The molecule has 33 heavy (non-hydrogen) atoms. The second-order valence-electron chi connectivity index (χ2n) is 7.96. The van der Waals surface area contributed by atoms with E-state index >= 15 is 0 Å². The van der Waals surface area contributed by atoms with Gasteiger partial charge in [-0.2, -0.15) is 5.10 Å². The normalized spacial score (nSPS) is 25.3. The summed E-state index contributed by atoms with van der Waals surface area (Å²) in [4.78, 5) is 52.8. The van der Waals surface area contributed by atoms with E-state index in [4.69, 9.17) is 16.3 Å². The van der Waals surface area contributed by atoms with Gasteiger partial charge in [-0.3, -0.25) is 24.2 Å². The zero-order valence-corrected chi connectivity index (χ0v) is 18.2. The number of halogens is 1. The first-order valence-electron chi connectivity index (χ1n) is 10.3. The fourth-order valence-corrected chi connectivity index (χ4v) is 4.95. The van der Waals surface area contributed by atoms with Crippen LogP contribution in [0.3, 0.4) is 0 Å². The van der Waals surface area contributed by atoms with Crippen molar-refractivity contribution in [3.05, 3.63) is 71.3 Å². The average Bonchev–Trinajstić information content (AvgIpc) is 3.27. The second kappa shape index (κ2) is 7.97. The highest BCUT2D eigenvalue weighted by Crippen LogP contribution is 2.47. The number of carbonyl (C=O) groups is 4. The van der Waals surface area contributed by atoms with E-state index in [1.165, 1.54) is 42.4 Å². The largest absolute Gasteiger partial charge is 0.427 e. The molecule has 2 saturated heterocycles. The van der Waals surface area contributed by atoms with Crippen LogP contribution in [-0.2, 0) is 14.4 Å². The molecule has 0 saturated carbocycles. The van der Waals surface area contributed by atoms with Crippen LogP contribution in [0.15, 0.2) is 65.8 Å². The molecule has 9 heteroatoms. The number of hydrogen-bond acceptors (Lipinski definition) is 7. The molecule has 0 aliphatic carbocycles. The number of ketones is 1. The van der Waals surface area contributed by atoms with Gasteiger partial charge in [-0.15, -0.1) is 0 Å². The topological polar surface area (TPSA) is 96.3 Å². The Bertz CT molecular complexity index is 1240. The average molecular weight is 464 g/mol. The van der Waals surface area contributed by atoms with Crippen LogP contribution in [0.5, 0.6) is 5.75 Å². The van der Waals surface area contributed by atoms with Crippen molar-refractivity contribution in [2.45, 2.75) is 19.0 Å². The van der Waals surface area contributed by atoms with Gasteiger partial charge in [0.1, 0.15) is 11.8 Å². The molecule has 2 aromatic carbocycles. The van der Waals surface area contributed by atoms with E-state index in [1.54, 1.807) is 36.4 Å². The first-order valence-corrected chi connectivity index (χ1v) is 10.7. The smallest absolute Gasteiger partial charge is 0.308 e. The van der Waals surface area contributed by atoms with E-state index in [0.717, 1.165) is 4.90 Å². The SMILES string of the molecule is CC(=O)Oc1ccc(C(=O)C2C3C(=O)N(c4ccccc4Cl)C(=O)C3C3C=CC=NN32)cc1. The number of rotatable bonds is 4. The fraction of sp³-hybridized carbons (Fsp3) is 0.208. The number of benzene rings is 2. The Labute approximate surface area is 194 Å². The lowest BCUT2D eigenvalue weighted by Gasteiger charge is -2.30. The zero-order chi connectivity index (χ0) is 23.3. The molecule has 3 heterocycles. The molecule has 4 unspecified atom stereocenters. The number of carbonyl (C=O) groups excluding carboxylic acids is 4. The molecular weight excluding hydrogens is 446 g/mol. The summed E-state index contributed by atoms with van der Waals surface area (Å²) in [5.74, 6) is -3.09. The molecule has 8 nitrogen and oxygen atoms in total. The highest BCUT2D eigenvalue weighted by Gasteiger charge is 2.64. The highest BCUT2D eigenvalue weighted by molar-refractivity contribution is 6.36. The Morgan fingerprint density at radius 3 is 2.39 bits per heavy atom. The van der Waals surface area contributed by atoms with Crippen LogP contribution >= 0.6 is 11.6 Å². The molecule has 0 aromatic heterocycles. The number of amides is 2. The maximum atomic E-state index is 13.6. The second-order valence-corrected chi connectivity index (χ2v) is 8.37. The Hall–Kier alpha value is -3.78. The maximum Gasteiger partial charge on any atom is 0.308 e. The summed E-state index contributed by atoms with van der Waals surface area (Å²) >= 11 is 6.28. The third-order valence-electron chi connectivity index (χ3n) is 6.05. The van der Waals surface area contributed by atoms with Crippen molar-refractivity contribution in [2.24, 2.45) is 16.9 Å². The van der Waals surface area contributed by atoms with Gasteiger partial charge < -0.3 is 4.74 Å². The van der Waals surface area contributed by atoms with Crippen LogP contribution in [0.1, 0.15) is 17.3 Å². The van der Waals surface area contributed by atoms with E-state index < -0.39 is 41.7 Å². The number of Topliss-reactive ketones (excluding diaryl/α,β-unsaturated/α-hetero) is 1. The van der Waals surface area contributed by atoms with E-state index in [1.807, 2.05) is 0 Å². The summed E-state index contributed by atoms with van der Waals surface area (Å²) in [5, 5.41) is 6.14. The zero-order valence-electron chi connectivity index (χ0n) is 17.4. The molecule has 0 spiro atoms. The third-order valence-corrected chi connectivity index (χ3v) is 6.37. The molecular formula is C24H18ClN3O5. The number of allylic oxidation sites excluding steroid dienone is 1. The maximum absolute atomic E-state index is 13.6. The van der Waals surface area contributed by atoms with Crippen LogP contribution in [0.25, 0.3) is 0 Å². The van der Waals surface area contributed by atoms with Gasteiger partial charge in [-0.25, -0.2) is 4.90 Å². The van der Waals surface area contributed by atoms with Crippen LogP contribution in [-0.4, -0.2) is 46.9 Å². The van der Waals surface area contributed by atoms with Crippen molar-refractivity contribution in [2.75, 3.05) is 4.90 Å². The highest BCUT2D eigenvalue weighted by atomic mass is 35.5.